The lowest BCUT2D eigenvalue weighted by atomic mass is 9.98. The highest BCUT2D eigenvalue weighted by atomic mass is 16.3. The molecule has 0 radical (unpaired) electrons. The quantitative estimate of drug-likeness (QED) is 0.157. The first-order valence-corrected chi connectivity index (χ1v) is 21.7. The van der Waals surface area contributed by atoms with Crippen molar-refractivity contribution in [2.75, 3.05) is 0 Å². The second-order valence-corrected chi connectivity index (χ2v) is 16.6. The summed E-state index contributed by atoms with van der Waals surface area (Å²) in [4.78, 5) is 0. The number of fused-ring (bicyclic) bond motifs is 9. The summed E-state index contributed by atoms with van der Waals surface area (Å²) in [6, 6.07) is 76.1. The monoisotopic (exact) mass is 811 g/mol. The van der Waals surface area contributed by atoms with Crippen LogP contribution in [0.2, 0.25) is 0 Å². The normalized spacial score (nSPS) is 16.9. The largest absolute Gasteiger partial charge is 0.454 e. The third-order valence-corrected chi connectivity index (χ3v) is 13.0. The van der Waals surface area contributed by atoms with E-state index < -0.39 is 0 Å². The van der Waals surface area contributed by atoms with Gasteiger partial charge in [-0.15, -0.1) is 0 Å². The SMILES string of the molecule is c1ccc(-c2cccc(C3NC(c4ccccc4)NC(c4cccc5oc6c(-n7c8ccccc8c8cc9c(cc87)c7ccccc7n9-c7ccccc7)cccc6c45)N3)c2)cc1. The number of para-hydroxylation sites is 4. The molecule has 6 heteroatoms. The van der Waals surface area contributed by atoms with Gasteiger partial charge in [0, 0.05) is 38.0 Å². The lowest BCUT2D eigenvalue weighted by molar-refractivity contribution is 0.204. The van der Waals surface area contributed by atoms with Gasteiger partial charge in [0.25, 0.3) is 0 Å². The van der Waals surface area contributed by atoms with Gasteiger partial charge in [0.2, 0.25) is 0 Å². The van der Waals surface area contributed by atoms with Gasteiger partial charge in [-0.2, -0.15) is 0 Å². The molecule has 3 N–H and O–H groups in total. The van der Waals surface area contributed by atoms with E-state index in [0.717, 1.165) is 49.9 Å². The predicted octanol–water partition coefficient (Wildman–Crippen LogP) is 13.6. The molecule has 1 fully saturated rings. The van der Waals surface area contributed by atoms with Crippen LogP contribution in [0.25, 0.3) is 88.1 Å². The van der Waals surface area contributed by atoms with Crippen LogP contribution in [0, 0.1) is 0 Å². The highest BCUT2D eigenvalue weighted by Crippen LogP contribution is 2.43. The lowest BCUT2D eigenvalue weighted by Gasteiger charge is -2.40. The zero-order valence-corrected chi connectivity index (χ0v) is 34.2. The van der Waals surface area contributed by atoms with Gasteiger partial charge >= 0.3 is 0 Å². The van der Waals surface area contributed by atoms with E-state index in [2.05, 4.69) is 237 Å². The number of nitrogens with zero attached hydrogens (tertiary/aromatic N) is 2. The van der Waals surface area contributed by atoms with Gasteiger partial charge < -0.3 is 13.6 Å². The van der Waals surface area contributed by atoms with Gasteiger partial charge in [-0.25, -0.2) is 0 Å². The number of nitrogens with one attached hydrogen (secondary N) is 3. The summed E-state index contributed by atoms with van der Waals surface area (Å²) in [5, 5.41) is 18.8. The molecule has 0 amide bonds. The maximum atomic E-state index is 7.05. The van der Waals surface area contributed by atoms with E-state index in [1.165, 1.54) is 54.8 Å². The van der Waals surface area contributed by atoms with Gasteiger partial charge in [-0.05, 0) is 82.4 Å². The fraction of sp³-hybridized carbons (Fsp3) is 0.0526. The number of furan rings is 1. The molecule has 0 bridgehead atoms. The Bertz CT molecular complexity index is 3680. The maximum absolute atomic E-state index is 7.05. The van der Waals surface area contributed by atoms with E-state index in [-0.39, 0.29) is 18.5 Å². The summed E-state index contributed by atoms with van der Waals surface area (Å²) < 4.78 is 11.9. The fourth-order valence-electron chi connectivity index (χ4n) is 10.2. The summed E-state index contributed by atoms with van der Waals surface area (Å²) in [6.07, 6.45) is -0.469. The average Bonchev–Trinajstić information content (AvgIpc) is 4.01. The zero-order valence-electron chi connectivity index (χ0n) is 34.2. The summed E-state index contributed by atoms with van der Waals surface area (Å²) in [5.41, 5.74) is 14.4. The molecule has 3 unspecified atom stereocenters. The van der Waals surface area contributed by atoms with Crippen LogP contribution >= 0.6 is 0 Å². The molecule has 0 saturated carbocycles. The average molecular weight is 812 g/mol. The molecule has 300 valence electrons. The Balaban J connectivity index is 0.988. The summed E-state index contributed by atoms with van der Waals surface area (Å²) in [5.74, 6) is 0. The van der Waals surface area contributed by atoms with E-state index in [1.807, 2.05) is 0 Å². The standard InChI is InChI=1S/C57H41N5O/c1-4-17-36(18-5-1)38-21-14-22-39(33-38)56-58-55(37-19-6-2-7-20-37)59-57(60-56)44-28-16-32-52-53(44)43-27-15-31-49(54(43)63-52)62-48-30-13-11-26-42(48)46-34-50-45(35-51(46)62)41-25-10-12-29-47(41)61(50)40-23-8-3-9-24-40/h1-35,55-60H. The molecule has 4 heterocycles. The Labute approximate surface area is 363 Å². The Morgan fingerprint density at radius 2 is 0.905 bits per heavy atom. The van der Waals surface area contributed by atoms with Crippen LogP contribution in [-0.4, -0.2) is 9.13 Å². The fourth-order valence-corrected chi connectivity index (χ4v) is 10.2. The highest BCUT2D eigenvalue weighted by molar-refractivity contribution is 6.20. The minimum atomic E-state index is -0.210. The van der Waals surface area contributed by atoms with Gasteiger partial charge in [0.05, 0.1) is 46.3 Å². The van der Waals surface area contributed by atoms with Crippen LogP contribution in [-0.2, 0) is 0 Å². The van der Waals surface area contributed by atoms with Crippen molar-refractivity contribution >= 4 is 65.6 Å². The second-order valence-electron chi connectivity index (χ2n) is 16.6. The van der Waals surface area contributed by atoms with Crippen LogP contribution < -0.4 is 16.0 Å². The maximum Gasteiger partial charge on any atom is 0.159 e. The predicted molar refractivity (Wildman–Crippen MR) is 258 cm³/mol. The molecule has 1 aliphatic rings. The molecule has 1 aliphatic heterocycles. The molecular formula is C57H41N5O. The summed E-state index contributed by atoms with van der Waals surface area (Å²) >= 11 is 0. The van der Waals surface area contributed by atoms with Gasteiger partial charge in [-0.1, -0.05) is 158 Å². The van der Waals surface area contributed by atoms with Crippen LogP contribution in [0.15, 0.2) is 217 Å². The third-order valence-electron chi connectivity index (χ3n) is 13.0. The first-order valence-electron chi connectivity index (χ1n) is 21.7. The van der Waals surface area contributed by atoms with Gasteiger partial charge in [0.1, 0.15) is 5.58 Å². The Hall–Kier alpha value is -7.74. The molecule has 13 rings (SSSR count). The first-order chi connectivity index (χ1) is 31.2. The van der Waals surface area contributed by atoms with Crippen molar-refractivity contribution in [3.05, 3.63) is 229 Å². The molecular weight excluding hydrogens is 771 g/mol. The van der Waals surface area contributed by atoms with Crippen LogP contribution in [0.4, 0.5) is 0 Å². The van der Waals surface area contributed by atoms with Crippen LogP contribution in [0.1, 0.15) is 35.2 Å². The van der Waals surface area contributed by atoms with Gasteiger partial charge in [0.15, 0.2) is 5.58 Å². The molecule has 12 aromatic rings. The first kappa shape index (κ1) is 36.0. The molecule has 0 spiro atoms. The molecule has 1 saturated heterocycles. The third kappa shape index (κ3) is 5.77. The molecule has 63 heavy (non-hydrogen) atoms. The van der Waals surface area contributed by atoms with Crippen molar-refractivity contribution in [2.45, 2.75) is 18.5 Å². The Kier molecular flexibility index (Phi) is 8.24. The van der Waals surface area contributed by atoms with Crippen molar-refractivity contribution in [2.24, 2.45) is 0 Å². The number of hydrogen-bond donors (Lipinski definition) is 3. The number of benzene rings is 9. The topological polar surface area (TPSA) is 59.1 Å². The van der Waals surface area contributed by atoms with E-state index in [4.69, 9.17) is 4.42 Å². The number of rotatable bonds is 6. The van der Waals surface area contributed by atoms with Crippen molar-refractivity contribution in [3.8, 4) is 22.5 Å². The van der Waals surface area contributed by atoms with Crippen molar-refractivity contribution in [1.82, 2.24) is 25.1 Å². The minimum absolute atomic E-state index is 0.117. The Morgan fingerprint density at radius 1 is 0.365 bits per heavy atom. The summed E-state index contributed by atoms with van der Waals surface area (Å²) in [7, 11) is 0. The van der Waals surface area contributed by atoms with E-state index in [9.17, 15) is 0 Å². The molecule has 3 aromatic heterocycles. The minimum Gasteiger partial charge on any atom is -0.454 e. The Morgan fingerprint density at radius 3 is 1.65 bits per heavy atom. The lowest BCUT2D eigenvalue weighted by Crippen LogP contribution is -2.54. The number of hydrogen-bond acceptors (Lipinski definition) is 4. The van der Waals surface area contributed by atoms with Crippen molar-refractivity contribution < 1.29 is 4.42 Å². The molecule has 9 aromatic carbocycles. The van der Waals surface area contributed by atoms with E-state index in [1.54, 1.807) is 0 Å². The smallest absolute Gasteiger partial charge is 0.159 e. The molecule has 3 atom stereocenters. The number of aromatic nitrogens is 2. The molecule has 0 aliphatic carbocycles. The van der Waals surface area contributed by atoms with Crippen molar-refractivity contribution in [1.29, 1.82) is 0 Å². The summed E-state index contributed by atoms with van der Waals surface area (Å²) in [6.45, 7) is 0. The van der Waals surface area contributed by atoms with Crippen LogP contribution in [0.5, 0.6) is 0 Å². The van der Waals surface area contributed by atoms with E-state index >= 15 is 0 Å². The zero-order chi connectivity index (χ0) is 41.4. The van der Waals surface area contributed by atoms with Crippen molar-refractivity contribution in [3.63, 3.8) is 0 Å². The van der Waals surface area contributed by atoms with Gasteiger partial charge in [-0.3, -0.25) is 16.0 Å². The highest BCUT2D eigenvalue weighted by Gasteiger charge is 2.32. The second kappa shape index (κ2) is 14.4. The van der Waals surface area contributed by atoms with E-state index in [0.29, 0.717) is 0 Å². The molecule has 6 nitrogen and oxygen atoms in total. The van der Waals surface area contributed by atoms with Crippen LogP contribution in [0.3, 0.4) is 0 Å².